The third-order valence-electron chi connectivity index (χ3n) is 3.66. The number of nitrogens with zero attached hydrogens (tertiary/aromatic N) is 2. The molecule has 0 radical (unpaired) electrons. The zero-order valence-corrected chi connectivity index (χ0v) is 14.8. The van der Waals surface area contributed by atoms with Crippen LogP contribution in [0.2, 0.25) is 5.02 Å². The minimum Gasteiger partial charge on any atom is -0.491 e. The molecule has 0 aromatic heterocycles. The van der Waals surface area contributed by atoms with Crippen molar-refractivity contribution < 1.29 is 4.74 Å². The van der Waals surface area contributed by atoms with Crippen molar-refractivity contribution in [1.29, 1.82) is 5.41 Å². The molecule has 3 N–H and O–H groups in total. The second-order valence-corrected chi connectivity index (χ2v) is 6.06. The number of aliphatic imine (C=N–C) groups is 1. The fourth-order valence-corrected chi connectivity index (χ4v) is 2.50. The van der Waals surface area contributed by atoms with Crippen LogP contribution in [0.15, 0.2) is 52.0 Å². The summed E-state index contributed by atoms with van der Waals surface area (Å²) >= 11 is 5.96. The number of hydrogen-bond donors (Lipinski definition) is 2. The molecular formula is C18H21ClN4O2. The van der Waals surface area contributed by atoms with Gasteiger partial charge in [-0.3, -0.25) is 5.41 Å². The van der Waals surface area contributed by atoms with Crippen LogP contribution in [0.1, 0.15) is 32.6 Å². The normalized spacial score (nSPS) is 15.8. The van der Waals surface area contributed by atoms with E-state index in [4.69, 9.17) is 27.5 Å². The van der Waals surface area contributed by atoms with E-state index in [1.54, 1.807) is 12.1 Å². The zero-order valence-electron chi connectivity index (χ0n) is 14.1. The summed E-state index contributed by atoms with van der Waals surface area (Å²) in [4.78, 5) is 15.0. The minimum atomic E-state index is 0.159. The van der Waals surface area contributed by atoms with Gasteiger partial charge in [0.05, 0.1) is 34.4 Å². The molecular weight excluding hydrogens is 340 g/mol. The third kappa shape index (κ3) is 5.26. The Morgan fingerprint density at radius 3 is 2.72 bits per heavy atom. The average molecular weight is 361 g/mol. The van der Waals surface area contributed by atoms with Gasteiger partial charge in [-0.05, 0) is 35.9 Å². The summed E-state index contributed by atoms with van der Waals surface area (Å²) in [7, 11) is 0. The molecule has 2 rings (SSSR count). The van der Waals surface area contributed by atoms with Gasteiger partial charge in [-0.2, -0.15) is 0 Å². The molecule has 0 spiro atoms. The lowest BCUT2D eigenvalue weighted by Crippen LogP contribution is -2.19. The second kappa shape index (κ2) is 9.13. The Labute approximate surface area is 151 Å². The summed E-state index contributed by atoms with van der Waals surface area (Å²) in [5.74, 6) is 0.446. The Balaban J connectivity index is 2.14. The van der Waals surface area contributed by atoms with Gasteiger partial charge < -0.3 is 10.5 Å². The Hall–Kier alpha value is -2.47. The first kappa shape index (κ1) is 18.9. The molecule has 1 aliphatic carbocycles. The van der Waals surface area contributed by atoms with Crippen LogP contribution in [-0.2, 0) is 4.74 Å². The number of nitrogens with two attached hydrogens (primary N) is 1. The number of nitrogens with one attached hydrogen (secondary N) is 1. The molecule has 25 heavy (non-hydrogen) atoms. The number of ether oxygens (including phenoxy) is 1. The molecule has 7 heteroatoms. The average Bonchev–Trinajstić information content (AvgIpc) is 2.58. The number of rotatable bonds is 8. The van der Waals surface area contributed by atoms with Gasteiger partial charge in [0, 0.05) is 6.08 Å². The number of nitroso groups, excluding NO2 is 1. The van der Waals surface area contributed by atoms with Crippen molar-refractivity contribution in [1.82, 2.24) is 0 Å². The van der Waals surface area contributed by atoms with Gasteiger partial charge in [0.1, 0.15) is 11.4 Å². The summed E-state index contributed by atoms with van der Waals surface area (Å²) in [6.45, 7) is 2.71. The van der Waals surface area contributed by atoms with Crippen LogP contribution >= 0.6 is 11.6 Å². The molecule has 0 heterocycles. The topological polar surface area (TPSA) is 101 Å². The largest absolute Gasteiger partial charge is 0.491 e. The van der Waals surface area contributed by atoms with E-state index in [-0.39, 0.29) is 16.4 Å². The Bertz CT molecular complexity index is 753. The fraction of sp³-hybridized carbons (Fsp3) is 0.333. The molecule has 0 saturated carbocycles. The Kier molecular flexibility index (Phi) is 6.89. The maximum atomic E-state index is 10.6. The Morgan fingerprint density at radius 2 is 2.04 bits per heavy atom. The van der Waals surface area contributed by atoms with Gasteiger partial charge >= 0.3 is 0 Å². The maximum absolute atomic E-state index is 10.6. The second-order valence-electron chi connectivity index (χ2n) is 5.66. The van der Waals surface area contributed by atoms with Crippen LogP contribution < -0.4 is 5.73 Å². The van der Waals surface area contributed by atoms with E-state index in [0.717, 1.165) is 19.3 Å². The number of unbranched alkanes of at least 4 members (excludes halogenated alkanes) is 3. The van der Waals surface area contributed by atoms with Crippen molar-refractivity contribution in [3.8, 4) is 0 Å². The quantitative estimate of drug-likeness (QED) is 0.380. The summed E-state index contributed by atoms with van der Waals surface area (Å²) < 4.78 is 5.69. The monoisotopic (exact) mass is 360 g/mol. The van der Waals surface area contributed by atoms with Crippen LogP contribution in [0.4, 0.5) is 11.4 Å². The lowest BCUT2D eigenvalue weighted by Gasteiger charge is -2.15. The predicted octanol–water partition coefficient (Wildman–Crippen LogP) is 5.17. The van der Waals surface area contributed by atoms with Crippen molar-refractivity contribution in [2.24, 2.45) is 15.9 Å². The molecule has 0 fully saturated rings. The lowest BCUT2D eigenvalue weighted by molar-refractivity contribution is 0.223. The highest BCUT2D eigenvalue weighted by molar-refractivity contribution is 6.33. The molecule has 0 atom stereocenters. The summed E-state index contributed by atoms with van der Waals surface area (Å²) in [6, 6.07) is 4.66. The summed E-state index contributed by atoms with van der Waals surface area (Å²) in [5.41, 5.74) is 7.74. The highest BCUT2D eigenvalue weighted by Gasteiger charge is 2.16. The number of hydrogen-bond acceptors (Lipinski definition) is 6. The minimum absolute atomic E-state index is 0.159. The van der Waals surface area contributed by atoms with E-state index in [2.05, 4.69) is 17.1 Å². The van der Waals surface area contributed by atoms with Gasteiger partial charge in [0.15, 0.2) is 0 Å². The van der Waals surface area contributed by atoms with Gasteiger partial charge in [0.2, 0.25) is 0 Å². The van der Waals surface area contributed by atoms with Crippen molar-refractivity contribution in [3.05, 3.63) is 51.7 Å². The number of halogens is 1. The highest BCUT2D eigenvalue weighted by atomic mass is 35.5. The number of benzene rings is 1. The van der Waals surface area contributed by atoms with E-state index in [9.17, 15) is 4.91 Å². The first-order valence-electron chi connectivity index (χ1n) is 8.17. The molecule has 1 aliphatic rings. The molecule has 0 saturated heterocycles. The smallest absolute Gasteiger partial charge is 0.146 e. The molecule has 1 aromatic rings. The van der Waals surface area contributed by atoms with Crippen molar-refractivity contribution in [2.45, 2.75) is 32.6 Å². The van der Waals surface area contributed by atoms with Crippen molar-refractivity contribution in [2.75, 3.05) is 6.61 Å². The summed E-state index contributed by atoms with van der Waals surface area (Å²) in [5, 5.41) is 11.0. The molecule has 1 aromatic carbocycles. The van der Waals surface area contributed by atoms with E-state index >= 15 is 0 Å². The molecule has 0 amide bonds. The number of allylic oxidation sites excluding steroid dienone is 2. The molecule has 132 valence electrons. The van der Waals surface area contributed by atoms with Gasteiger partial charge in [0.25, 0.3) is 0 Å². The van der Waals surface area contributed by atoms with Crippen LogP contribution in [0, 0.1) is 10.3 Å². The van der Waals surface area contributed by atoms with Crippen molar-refractivity contribution in [3.63, 3.8) is 0 Å². The standard InChI is InChI=1S/C18H21ClN4O2/c1-2-3-4-5-8-25-18-11-17(14(20)10-15(18)21)22-12-6-7-16(23-24)13(19)9-12/h6-7,9-11,21H,2-5,8,20H2,1H3. The Morgan fingerprint density at radius 1 is 1.24 bits per heavy atom. The molecule has 0 unspecified atom stereocenters. The fourth-order valence-electron chi connectivity index (χ4n) is 2.29. The zero-order chi connectivity index (χ0) is 18.2. The molecule has 0 aliphatic heterocycles. The van der Waals surface area contributed by atoms with E-state index in [1.165, 1.54) is 24.6 Å². The third-order valence-corrected chi connectivity index (χ3v) is 3.97. The first-order chi connectivity index (χ1) is 12.0. The SMILES string of the molecule is CCCCCCOC1=CC(=Nc2ccc(N=O)c(Cl)c2)C(N)=CC1=N. The summed E-state index contributed by atoms with van der Waals surface area (Å²) in [6.07, 6.45) is 7.55. The van der Waals surface area contributed by atoms with Gasteiger partial charge in [-0.15, -0.1) is 4.91 Å². The van der Waals surface area contributed by atoms with E-state index < -0.39 is 0 Å². The van der Waals surface area contributed by atoms with E-state index in [0.29, 0.717) is 29.5 Å². The lowest BCUT2D eigenvalue weighted by atomic mass is 10.1. The van der Waals surface area contributed by atoms with E-state index in [1.807, 2.05) is 0 Å². The first-order valence-corrected chi connectivity index (χ1v) is 8.55. The van der Waals surface area contributed by atoms with Crippen LogP contribution in [0.5, 0.6) is 0 Å². The van der Waals surface area contributed by atoms with Crippen LogP contribution in [-0.4, -0.2) is 18.0 Å². The molecule has 0 bridgehead atoms. The van der Waals surface area contributed by atoms with Crippen molar-refractivity contribution >= 4 is 34.4 Å². The molecule has 6 nitrogen and oxygen atoms in total. The van der Waals surface area contributed by atoms with Gasteiger partial charge in [-0.1, -0.05) is 37.8 Å². The van der Waals surface area contributed by atoms with Crippen LogP contribution in [0.3, 0.4) is 0 Å². The van der Waals surface area contributed by atoms with Gasteiger partial charge in [-0.25, -0.2) is 4.99 Å². The van der Waals surface area contributed by atoms with Crippen LogP contribution in [0.25, 0.3) is 0 Å². The maximum Gasteiger partial charge on any atom is 0.146 e. The predicted molar refractivity (Wildman–Crippen MR) is 102 cm³/mol. The highest BCUT2D eigenvalue weighted by Crippen LogP contribution is 2.29.